The lowest BCUT2D eigenvalue weighted by molar-refractivity contribution is -0.139. The number of carbonyl (C=O) groups is 2. The molecule has 0 bridgehead atoms. The van der Waals surface area contributed by atoms with Crippen molar-refractivity contribution in [1.29, 1.82) is 0 Å². The Morgan fingerprint density at radius 1 is 1.42 bits per heavy atom. The van der Waals surface area contributed by atoms with E-state index in [-0.39, 0.29) is 23.9 Å². The summed E-state index contributed by atoms with van der Waals surface area (Å²) in [5.41, 5.74) is 0. The molecular weight excluding hydrogens is 156 g/mol. The Balaban J connectivity index is 3.85. The molecule has 0 N–H and O–H groups in total. The minimum Gasteiger partial charge on any atom is -0.384 e. The summed E-state index contributed by atoms with van der Waals surface area (Å²) in [6.45, 7) is 4.00. The van der Waals surface area contributed by atoms with Crippen molar-refractivity contribution in [3.63, 3.8) is 0 Å². The fourth-order valence-electron chi connectivity index (χ4n) is 0.778. The van der Waals surface area contributed by atoms with Gasteiger partial charge in [-0.2, -0.15) is 0 Å². The van der Waals surface area contributed by atoms with Gasteiger partial charge in [0, 0.05) is 19.4 Å². The zero-order valence-corrected chi connectivity index (χ0v) is 7.92. The lowest BCUT2D eigenvalue weighted by atomic mass is 9.99. The molecule has 0 aliphatic heterocycles. The number of hydrogen-bond donors (Lipinski definition) is 0. The van der Waals surface area contributed by atoms with E-state index in [1.165, 1.54) is 7.11 Å². The van der Waals surface area contributed by atoms with Gasteiger partial charge in [0.05, 0.1) is 6.61 Å². The summed E-state index contributed by atoms with van der Waals surface area (Å²) in [6, 6.07) is 0. The second-order valence-electron chi connectivity index (χ2n) is 2.84. The van der Waals surface area contributed by atoms with Gasteiger partial charge in [0.2, 0.25) is 11.6 Å². The minimum atomic E-state index is -0.314. The summed E-state index contributed by atoms with van der Waals surface area (Å²) >= 11 is 0. The van der Waals surface area contributed by atoms with Crippen molar-refractivity contribution in [2.24, 2.45) is 5.92 Å². The van der Waals surface area contributed by atoms with Crippen LogP contribution in [-0.2, 0) is 14.3 Å². The molecule has 0 aliphatic carbocycles. The molecule has 0 rings (SSSR count). The standard InChI is InChI=1S/C9H16O3/c1-4-7(2)9(11)8(10)5-6-12-3/h7H,4-6H2,1-3H3. The largest absolute Gasteiger partial charge is 0.384 e. The predicted molar refractivity (Wildman–Crippen MR) is 46.0 cm³/mol. The van der Waals surface area contributed by atoms with Crippen LogP contribution in [0.2, 0.25) is 0 Å². The van der Waals surface area contributed by atoms with Crippen molar-refractivity contribution < 1.29 is 14.3 Å². The van der Waals surface area contributed by atoms with Crippen LogP contribution in [0.3, 0.4) is 0 Å². The van der Waals surface area contributed by atoms with Gasteiger partial charge in [0.1, 0.15) is 0 Å². The quantitative estimate of drug-likeness (QED) is 0.565. The van der Waals surface area contributed by atoms with Crippen LogP contribution >= 0.6 is 0 Å². The first kappa shape index (κ1) is 11.3. The van der Waals surface area contributed by atoms with Crippen LogP contribution in [0.15, 0.2) is 0 Å². The smallest absolute Gasteiger partial charge is 0.201 e. The molecule has 0 aromatic rings. The zero-order valence-electron chi connectivity index (χ0n) is 7.92. The zero-order chi connectivity index (χ0) is 9.56. The van der Waals surface area contributed by atoms with E-state index < -0.39 is 0 Å². The topological polar surface area (TPSA) is 43.4 Å². The van der Waals surface area contributed by atoms with Gasteiger partial charge in [-0.15, -0.1) is 0 Å². The second-order valence-corrected chi connectivity index (χ2v) is 2.84. The van der Waals surface area contributed by atoms with E-state index in [0.717, 1.165) is 6.42 Å². The highest BCUT2D eigenvalue weighted by molar-refractivity contribution is 6.37. The van der Waals surface area contributed by atoms with Crippen LogP contribution < -0.4 is 0 Å². The maximum atomic E-state index is 11.2. The highest BCUT2D eigenvalue weighted by Crippen LogP contribution is 2.04. The number of ether oxygens (including phenoxy) is 1. The van der Waals surface area contributed by atoms with E-state index in [4.69, 9.17) is 4.74 Å². The molecule has 0 saturated heterocycles. The van der Waals surface area contributed by atoms with Crippen molar-refractivity contribution in [3.05, 3.63) is 0 Å². The van der Waals surface area contributed by atoms with E-state index in [9.17, 15) is 9.59 Å². The van der Waals surface area contributed by atoms with Gasteiger partial charge in [-0.3, -0.25) is 9.59 Å². The Bertz CT molecular complexity index is 163. The van der Waals surface area contributed by atoms with Gasteiger partial charge in [-0.25, -0.2) is 0 Å². The molecule has 0 radical (unpaired) electrons. The third kappa shape index (κ3) is 3.62. The van der Waals surface area contributed by atoms with Gasteiger partial charge >= 0.3 is 0 Å². The number of methoxy groups -OCH3 is 1. The summed E-state index contributed by atoms with van der Waals surface area (Å²) in [6.07, 6.45) is 0.928. The molecule has 0 saturated carbocycles. The first-order valence-electron chi connectivity index (χ1n) is 4.19. The van der Waals surface area contributed by atoms with Crippen molar-refractivity contribution in [2.45, 2.75) is 26.7 Å². The Hall–Kier alpha value is -0.700. The number of rotatable bonds is 6. The lowest BCUT2D eigenvalue weighted by Gasteiger charge is -2.04. The maximum Gasteiger partial charge on any atom is 0.201 e. The average Bonchev–Trinajstić information content (AvgIpc) is 2.11. The van der Waals surface area contributed by atoms with Crippen LogP contribution in [0.1, 0.15) is 26.7 Å². The van der Waals surface area contributed by atoms with E-state index >= 15 is 0 Å². The van der Waals surface area contributed by atoms with Gasteiger partial charge in [-0.05, 0) is 6.42 Å². The molecule has 70 valence electrons. The number of carbonyl (C=O) groups excluding carboxylic acids is 2. The summed E-state index contributed by atoms with van der Waals surface area (Å²) in [5, 5.41) is 0. The molecule has 3 nitrogen and oxygen atoms in total. The SMILES string of the molecule is CCC(C)C(=O)C(=O)CCOC. The van der Waals surface area contributed by atoms with Crippen molar-refractivity contribution in [1.82, 2.24) is 0 Å². The molecule has 1 unspecified atom stereocenters. The van der Waals surface area contributed by atoms with E-state index in [2.05, 4.69) is 0 Å². The predicted octanol–water partition coefficient (Wildman–Crippen LogP) is 1.21. The van der Waals surface area contributed by atoms with Gasteiger partial charge in [0.15, 0.2) is 0 Å². The summed E-state index contributed by atoms with van der Waals surface area (Å²) < 4.78 is 4.70. The Kier molecular flexibility index (Phi) is 5.54. The summed E-state index contributed by atoms with van der Waals surface area (Å²) in [7, 11) is 1.51. The highest BCUT2D eigenvalue weighted by atomic mass is 16.5. The monoisotopic (exact) mass is 172 g/mol. The third-order valence-electron chi connectivity index (χ3n) is 1.87. The third-order valence-corrected chi connectivity index (χ3v) is 1.87. The van der Waals surface area contributed by atoms with Gasteiger partial charge in [0.25, 0.3) is 0 Å². The molecule has 0 aliphatic rings. The first-order chi connectivity index (χ1) is 5.63. The molecule has 0 spiro atoms. The van der Waals surface area contributed by atoms with Crippen molar-refractivity contribution in [3.8, 4) is 0 Å². The molecule has 12 heavy (non-hydrogen) atoms. The van der Waals surface area contributed by atoms with E-state index in [1.54, 1.807) is 6.92 Å². The molecule has 0 heterocycles. The molecule has 0 aromatic carbocycles. The Labute approximate surface area is 73.1 Å². The molecule has 3 heteroatoms. The van der Waals surface area contributed by atoms with Crippen LogP contribution in [-0.4, -0.2) is 25.3 Å². The van der Waals surface area contributed by atoms with Crippen molar-refractivity contribution in [2.75, 3.05) is 13.7 Å². The van der Waals surface area contributed by atoms with Crippen LogP contribution in [0.5, 0.6) is 0 Å². The van der Waals surface area contributed by atoms with Crippen LogP contribution in [0, 0.1) is 5.92 Å². The van der Waals surface area contributed by atoms with E-state index in [0.29, 0.717) is 6.61 Å². The molecule has 1 atom stereocenters. The molecule has 0 aromatic heterocycles. The average molecular weight is 172 g/mol. The van der Waals surface area contributed by atoms with Crippen LogP contribution in [0.4, 0.5) is 0 Å². The normalized spacial score (nSPS) is 12.6. The minimum absolute atomic E-state index is 0.144. The molecule has 0 amide bonds. The summed E-state index contributed by atoms with van der Waals surface area (Å²) in [4.78, 5) is 22.2. The van der Waals surface area contributed by atoms with Gasteiger partial charge in [-0.1, -0.05) is 13.8 Å². The highest BCUT2D eigenvalue weighted by Gasteiger charge is 2.18. The van der Waals surface area contributed by atoms with E-state index in [1.807, 2.05) is 6.92 Å². The Morgan fingerprint density at radius 2 is 2.00 bits per heavy atom. The maximum absolute atomic E-state index is 11.2. The number of Topliss-reactive ketones (excluding diaryl/α,β-unsaturated/α-hetero) is 2. The summed E-state index contributed by atoms with van der Waals surface area (Å²) in [5.74, 6) is -0.727. The second kappa shape index (κ2) is 5.89. The fraction of sp³-hybridized carbons (Fsp3) is 0.778. The molecular formula is C9H16O3. The first-order valence-corrected chi connectivity index (χ1v) is 4.19. The van der Waals surface area contributed by atoms with Gasteiger partial charge < -0.3 is 4.74 Å². The fourth-order valence-corrected chi connectivity index (χ4v) is 0.778. The molecule has 0 fully saturated rings. The van der Waals surface area contributed by atoms with Crippen molar-refractivity contribution >= 4 is 11.6 Å². The Morgan fingerprint density at radius 3 is 2.42 bits per heavy atom. The number of hydrogen-bond acceptors (Lipinski definition) is 3. The lowest BCUT2D eigenvalue weighted by Crippen LogP contribution is -2.22. The number of ketones is 2. The van der Waals surface area contributed by atoms with Crippen LogP contribution in [0.25, 0.3) is 0 Å².